The van der Waals surface area contributed by atoms with Crippen LogP contribution in [0.4, 0.5) is 0 Å². The van der Waals surface area contributed by atoms with Gasteiger partial charge in [-0.05, 0) is 0 Å². The molecule has 0 aromatic rings. The van der Waals surface area contributed by atoms with E-state index in [2.05, 4.69) is 0 Å². The molecule has 0 aromatic carbocycles. The predicted molar refractivity (Wildman–Crippen MR) is 2.06 cm³/mol. The van der Waals surface area contributed by atoms with Crippen molar-refractivity contribution in [3.05, 3.63) is 0 Å². The molecule has 0 spiro atoms. The number of hydrogen-bond acceptors (Lipinski definition) is 0. The zero-order chi connectivity index (χ0) is 0. The zero-order valence-electron chi connectivity index (χ0n) is 1.86. The summed E-state index contributed by atoms with van der Waals surface area (Å²) in [4.78, 5) is 0. The molecule has 5 heavy (non-hydrogen) atoms. The number of rotatable bonds is 0. The van der Waals surface area contributed by atoms with Crippen molar-refractivity contribution < 1.29 is 58.6 Å². The van der Waals surface area contributed by atoms with E-state index in [4.69, 9.17) is 0 Å². The Kier molecular flexibility index (Phi) is 1320. The van der Waals surface area contributed by atoms with Gasteiger partial charge in [0.15, 0.2) is 0 Å². The van der Waals surface area contributed by atoms with Gasteiger partial charge in [0.05, 0.1) is 0 Å². The van der Waals surface area contributed by atoms with Gasteiger partial charge in [-0.1, -0.05) is 0 Å². The van der Waals surface area contributed by atoms with Crippen LogP contribution in [-0.4, -0.2) is 0 Å². The van der Waals surface area contributed by atoms with Crippen LogP contribution < -0.4 is 0 Å². The van der Waals surface area contributed by atoms with Gasteiger partial charge in [-0.3, -0.25) is 0 Å². The van der Waals surface area contributed by atoms with Gasteiger partial charge >= 0.3 is 0 Å². The van der Waals surface area contributed by atoms with Gasteiger partial charge in [0.25, 0.3) is 0 Å². The van der Waals surface area contributed by atoms with Crippen molar-refractivity contribution in [2.75, 3.05) is 0 Å². The summed E-state index contributed by atoms with van der Waals surface area (Å²) in [5, 5.41) is 0. The Labute approximate surface area is 58.6 Å². The van der Waals surface area contributed by atoms with Crippen LogP contribution >= 0.6 is 0 Å². The van der Waals surface area contributed by atoms with Gasteiger partial charge in [-0.15, -0.1) is 0 Å². The molecule has 44 valence electrons. The van der Waals surface area contributed by atoms with Gasteiger partial charge in [0, 0.05) is 42.1 Å². The average Bonchev–Trinajstić information content (AvgIpc) is 0. The van der Waals surface area contributed by atoms with E-state index in [-0.39, 0.29) is 58.6 Å². The van der Waals surface area contributed by atoms with Crippen LogP contribution in [0.5, 0.6) is 0 Å². The summed E-state index contributed by atoms with van der Waals surface area (Å²) in [6.07, 6.45) is 0. The van der Waals surface area contributed by atoms with E-state index in [1.54, 1.807) is 0 Å². The largest absolute Gasteiger partial charge is 2.00 e. The first-order valence-electron chi connectivity index (χ1n) is 0. The quantitative estimate of drug-likeness (QED) is 0.495. The molecule has 0 aliphatic heterocycles. The Morgan fingerprint density at radius 1 is 0.400 bits per heavy atom. The van der Waals surface area contributed by atoms with Crippen LogP contribution in [0.1, 0.15) is 0 Å². The van der Waals surface area contributed by atoms with E-state index in [1.165, 1.54) is 0 Å². The van der Waals surface area contributed by atoms with Gasteiger partial charge in [0.2, 0.25) is 0 Å². The van der Waals surface area contributed by atoms with E-state index >= 15 is 0 Å². The fourth-order valence-electron chi connectivity index (χ4n) is 0. The smallest absolute Gasteiger partial charge is 0 e. The second kappa shape index (κ2) is 60.3. The van der Waals surface area contributed by atoms with Crippen molar-refractivity contribution in [2.45, 2.75) is 0 Å². The van der Waals surface area contributed by atoms with E-state index in [0.29, 0.717) is 0 Å². The second-order valence-electron chi connectivity index (χ2n) is 0. The normalized spacial score (nSPS) is 0. The predicted octanol–water partition coefficient (Wildman–Crippen LogP) is -0.361. The molecule has 0 saturated heterocycles. The summed E-state index contributed by atoms with van der Waals surface area (Å²) in [5.74, 6) is 0. The molecule has 0 N–H and O–H groups in total. The van der Waals surface area contributed by atoms with Crippen molar-refractivity contribution in [3.63, 3.8) is 0 Å². The Balaban J connectivity index is 0. The van der Waals surface area contributed by atoms with Gasteiger partial charge in [-0.2, -0.15) is 0 Å². The van der Waals surface area contributed by atoms with Crippen LogP contribution in [0.25, 0.3) is 0 Å². The molecule has 0 aromatic heterocycles. The van der Waals surface area contributed by atoms with E-state index in [1.807, 2.05) is 0 Å². The molecule has 0 aliphatic carbocycles. The molecule has 0 bridgehead atoms. The summed E-state index contributed by atoms with van der Waals surface area (Å²) in [6, 6.07) is 0. The fourth-order valence-corrected chi connectivity index (χ4v) is 0. The minimum absolute atomic E-state index is 0. The summed E-state index contributed by atoms with van der Waals surface area (Å²) in [6.45, 7) is 0. The van der Waals surface area contributed by atoms with E-state index < -0.39 is 0 Å². The van der Waals surface area contributed by atoms with Crippen LogP contribution in [0.2, 0.25) is 0 Å². The molecule has 0 rings (SSSR count). The molecule has 0 saturated carbocycles. The Hall–Kier alpha value is 1.26. The molecule has 0 aliphatic rings. The third kappa shape index (κ3) is 35.3. The zero-order valence-corrected chi connectivity index (χ0v) is 6.40. The standard InChI is InChI=1S/3O.2Pt/q3*-2;;. The molecule has 0 fully saturated rings. The molecule has 3 nitrogen and oxygen atoms in total. The first kappa shape index (κ1) is 109. The molecular formula is O3Pt2-6. The van der Waals surface area contributed by atoms with Crippen molar-refractivity contribution in [1.82, 2.24) is 0 Å². The first-order chi connectivity index (χ1) is 0. The maximum Gasteiger partial charge on any atom is 0 e. The van der Waals surface area contributed by atoms with Crippen molar-refractivity contribution in [2.24, 2.45) is 0 Å². The maximum absolute atomic E-state index is 0. The Morgan fingerprint density at radius 3 is 0.400 bits per heavy atom. The monoisotopic (exact) mass is 438 g/mol. The van der Waals surface area contributed by atoms with Crippen molar-refractivity contribution >= 4 is 0 Å². The van der Waals surface area contributed by atoms with Gasteiger partial charge in [0.1, 0.15) is 0 Å². The minimum Gasteiger partial charge on any atom is -2.00 e. The molecule has 5 heteroatoms. The number of hydrogen-bond donors (Lipinski definition) is 0. The summed E-state index contributed by atoms with van der Waals surface area (Å²) < 4.78 is 0. The molecule has 0 heterocycles. The summed E-state index contributed by atoms with van der Waals surface area (Å²) in [7, 11) is 0. The molecule has 0 amide bonds. The van der Waals surface area contributed by atoms with Gasteiger partial charge in [-0.25, -0.2) is 0 Å². The SMILES string of the molecule is [O-2].[O-2].[O-2].[Pt].[Pt]. The maximum atomic E-state index is 0. The van der Waals surface area contributed by atoms with Crippen LogP contribution in [0, 0.1) is 0 Å². The first-order valence-corrected chi connectivity index (χ1v) is 0. The second-order valence-corrected chi connectivity index (χ2v) is 0. The Morgan fingerprint density at radius 2 is 0.400 bits per heavy atom. The van der Waals surface area contributed by atoms with Crippen molar-refractivity contribution in [1.29, 1.82) is 0 Å². The minimum atomic E-state index is 0. The van der Waals surface area contributed by atoms with E-state index in [0.717, 1.165) is 0 Å². The molecule has 0 unspecified atom stereocenters. The molecule has 0 radical (unpaired) electrons. The van der Waals surface area contributed by atoms with Gasteiger partial charge < -0.3 is 16.4 Å². The average molecular weight is 438 g/mol. The van der Waals surface area contributed by atoms with Crippen molar-refractivity contribution in [3.8, 4) is 0 Å². The third-order valence-electron chi connectivity index (χ3n) is 0. The summed E-state index contributed by atoms with van der Waals surface area (Å²) >= 11 is 0. The molecule has 0 atom stereocenters. The van der Waals surface area contributed by atoms with Crippen LogP contribution in [0.3, 0.4) is 0 Å². The topological polar surface area (TPSA) is 85.5 Å². The summed E-state index contributed by atoms with van der Waals surface area (Å²) in [5.41, 5.74) is 0. The van der Waals surface area contributed by atoms with Crippen LogP contribution in [0.15, 0.2) is 0 Å². The van der Waals surface area contributed by atoms with E-state index in [9.17, 15) is 0 Å². The van der Waals surface area contributed by atoms with Crippen LogP contribution in [-0.2, 0) is 58.6 Å². The Bertz CT molecular complexity index is 4.85. The third-order valence-corrected chi connectivity index (χ3v) is 0. The molecular weight excluding hydrogens is 438 g/mol. The fraction of sp³-hybridized carbons (Fsp3) is 0.